The quantitative estimate of drug-likeness (QED) is 0.680. The highest BCUT2D eigenvalue weighted by atomic mass is 16.5. The molecule has 0 aliphatic heterocycles. The summed E-state index contributed by atoms with van der Waals surface area (Å²) in [7, 11) is 1.60. The van der Waals surface area contributed by atoms with E-state index < -0.39 is 0 Å². The molecule has 0 fully saturated rings. The van der Waals surface area contributed by atoms with Crippen LogP contribution in [0.2, 0.25) is 0 Å². The highest BCUT2D eigenvalue weighted by molar-refractivity contribution is 5.93. The maximum atomic E-state index is 12.5. The summed E-state index contributed by atoms with van der Waals surface area (Å²) in [5, 5.41) is 11.0. The maximum Gasteiger partial charge on any atom is 0.274 e. The number of benzene rings is 2. The van der Waals surface area contributed by atoms with E-state index in [9.17, 15) is 4.79 Å². The Hall–Kier alpha value is -3.35. The van der Waals surface area contributed by atoms with Crippen molar-refractivity contribution in [3.63, 3.8) is 0 Å². The van der Waals surface area contributed by atoms with Crippen LogP contribution in [0.1, 0.15) is 35.6 Å². The number of amides is 1. The van der Waals surface area contributed by atoms with Gasteiger partial charge in [0, 0.05) is 12.6 Å². The molecule has 2 aromatic carbocycles. The number of methoxy groups -OCH3 is 1. The Morgan fingerprint density at radius 3 is 2.57 bits per heavy atom. The van der Waals surface area contributed by atoms with E-state index in [1.165, 1.54) is 0 Å². The first-order chi connectivity index (χ1) is 13.5. The van der Waals surface area contributed by atoms with Crippen molar-refractivity contribution in [1.29, 1.82) is 0 Å². The van der Waals surface area contributed by atoms with Crippen molar-refractivity contribution in [3.8, 4) is 17.2 Å². The third kappa shape index (κ3) is 4.49. The Balaban J connectivity index is 1.67. The van der Waals surface area contributed by atoms with Gasteiger partial charge in [0.05, 0.1) is 24.6 Å². The van der Waals surface area contributed by atoms with Crippen molar-refractivity contribution in [2.24, 2.45) is 0 Å². The van der Waals surface area contributed by atoms with Crippen molar-refractivity contribution < 1.29 is 14.3 Å². The summed E-state index contributed by atoms with van der Waals surface area (Å²) in [5.41, 5.74) is 2.71. The second kappa shape index (κ2) is 8.56. The molecule has 3 rings (SSSR count). The fourth-order valence-corrected chi connectivity index (χ4v) is 2.75. The summed E-state index contributed by atoms with van der Waals surface area (Å²) < 4.78 is 12.5. The average Bonchev–Trinajstić information content (AvgIpc) is 3.08. The molecule has 0 aliphatic carbocycles. The van der Waals surface area contributed by atoms with Gasteiger partial charge >= 0.3 is 0 Å². The summed E-state index contributed by atoms with van der Waals surface area (Å²) in [6.07, 6.45) is 0.126. The Labute approximate surface area is 164 Å². The molecule has 1 heterocycles. The van der Waals surface area contributed by atoms with Crippen LogP contribution in [0.15, 0.2) is 48.5 Å². The van der Waals surface area contributed by atoms with Crippen LogP contribution in [0.25, 0.3) is 5.69 Å². The fourth-order valence-electron chi connectivity index (χ4n) is 2.75. The van der Waals surface area contributed by atoms with Gasteiger partial charge < -0.3 is 14.8 Å². The second-order valence-corrected chi connectivity index (χ2v) is 6.63. The number of ether oxygens (including phenoxy) is 2. The molecule has 0 bridgehead atoms. The Morgan fingerprint density at radius 2 is 1.89 bits per heavy atom. The van der Waals surface area contributed by atoms with Crippen LogP contribution in [0.3, 0.4) is 0 Å². The minimum Gasteiger partial charge on any atom is -0.497 e. The first-order valence-corrected chi connectivity index (χ1v) is 9.08. The Morgan fingerprint density at radius 1 is 1.14 bits per heavy atom. The van der Waals surface area contributed by atoms with E-state index in [2.05, 4.69) is 15.6 Å². The van der Waals surface area contributed by atoms with Crippen molar-refractivity contribution in [3.05, 3.63) is 65.5 Å². The van der Waals surface area contributed by atoms with Gasteiger partial charge in [-0.1, -0.05) is 23.4 Å². The molecule has 0 spiro atoms. The van der Waals surface area contributed by atoms with Gasteiger partial charge in [-0.25, -0.2) is 4.68 Å². The van der Waals surface area contributed by atoms with Crippen LogP contribution in [-0.4, -0.2) is 34.1 Å². The van der Waals surface area contributed by atoms with E-state index in [-0.39, 0.29) is 12.0 Å². The first kappa shape index (κ1) is 19.4. The average molecular weight is 380 g/mol. The zero-order valence-corrected chi connectivity index (χ0v) is 16.5. The van der Waals surface area contributed by atoms with Crippen molar-refractivity contribution in [2.75, 3.05) is 7.11 Å². The topological polar surface area (TPSA) is 78.3 Å². The summed E-state index contributed by atoms with van der Waals surface area (Å²) in [6.45, 7) is 6.17. The molecule has 1 amide bonds. The monoisotopic (exact) mass is 380 g/mol. The largest absolute Gasteiger partial charge is 0.497 e. The molecule has 0 radical (unpaired) electrons. The molecule has 1 N–H and O–H groups in total. The number of hydrogen-bond acceptors (Lipinski definition) is 5. The number of carbonyl (C=O) groups excluding carboxylic acids is 1. The second-order valence-electron chi connectivity index (χ2n) is 6.63. The van der Waals surface area contributed by atoms with E-state index in [0.717, 1.165) is 17.0 Å². The van der Waals surface area contributed by atoms with Gasteiger partial charge in [0.25, 0.3) is 5.91 Å². The van der Waals surface area contributed by atoms with E-state index in [1.807, 2.05) is 69.3 Å². The van der Waals surface area contributed by atoms with E-state index in [1.54, 1.807) is 11.8 Å². The molecule has 0 aliphatic rings. The molecule has 28 heavy (non-hydrogen) atoms. The normalized spacial score (nSPS) is 10.8. The van der Waals surface area contributed by atoms with Gasteiger partial charge in [0.2, 0.25) is 0 Å². The minimum absolute atomic E-state index is 0.126. The zero-order valence-electron chi connectivity index (χ0n) is 16.5. The third-order valence-corrected chi connectivity index (χ3v) is 4.16. The first-order valence-electron chi connectivity index (χ1n) is 9.08. The van der Waals surface area contributed by atoms with Gasteiger partial charge in [-0.2, -0.15) is 0 Å². The minimum atomic E-state index is -0.269. The smallest absolute Gasteiger partial charge is 0.274 e. The number of nitrogens with one attached hydrogen (secondary N) is 1. The molecule has 0 saturated carbocycles. The van der Waals surface area contributed by atoms with Crippen LogP contribution in [-0.2, 0) is 6.54 Å². The van der Waals surface area contributed by atoms with Gasteiger partial charge in [-0.05, 0) is 50.6 Å². The molecule has 0 unspecified atom stereocenters. The standard InChI is InChI=1S/C21H24N4O3/c1-14(2)28-18-10-8-16(9-11-18)13-22-21(26)20-15(3)25(24-23-20)17-6-5-7-19(12-17)27-4/h5-12,14H,13H2,1-4H3,(H,22,26). The third-order valence-electron chi connectivity index (χ3n) is 4.16. The lowest BCUT2D eigenvalue weighted by Crippen LogP contribution is -2.24. The van der Waals surface area contributed by atoms with Gasteiger partial charge in [0.15, 0.2) is 5.69 Å². The zero-order chi connectivity index (χ0) is 20.1. The highest BCUT2D eigenvalue weighted by Crippen LogP contribution is 2.18. The van der Waals surface area contributed by atoms with Crippen molar-refractivity contribution >= 4 is 5.91 Å². The molecule has 3 aromatic rings. The van der Waals surface area contributed by atoms with Crippen LogP contribution in [0, 0.1) is 6.92 Å². The SMILES string of the molecule is COc1cccc(-n2nnc(C(=O)NCc3ccc(OC(C)C)cc3)c2C)c1. The Bertz CT molecular complexity index is 949. The molecular weight excluding hydrogens is 356 g/mol. The lowest BCUT2D eigenvalue weighted by atomic mass is 10.2. The summed E-state index contributed by atoms with van der Waals surface area (Å²) >= 11 is 0. The van der Waals surface area contributed by atoms with E-state index >= 15 is 0 Å². The van der Waals surface area contributed by atoms with Crippen molar-refractivity contribution in [2.45, 2.75) is 33.4 Å². The van der Waals surface area contributed by atoms with Gasteiger partial charge in [-0.3, -0.25) is 4.79 Å². The number of hydrogen-bond donors (Lipinski definition) is 1. The van der Waals surface area contributed by atoms with Gasteiger partial charge in [0.1, 0.15) is 11.5 Å². The predicted octanol–water partition coefficient (Wildman–Crippen LogP) is 3.30. The molecule has 7 heteroatoms. The number of carbonyl (C=O) groups is 1. The molecule has 7 nitrogen and oxygen atoms in total. The Kier molecular flexibility index (Phi) is 5.93. The van der Waals surface area contributed by atoms with E-state index in [0.29, 0.717) is 23.7 Å². The fraction of sp³-hybridized carbons (Fsp3) is 0.286. The van der Waals surface area contributed by atoms with Crippen LogP contribution < -0.4 is 14.8 Å². The lowest BCUT2D eigenvalue weighted by molar-refractivity contribution is 0.0945. The number of rotatable bonds is 7. The number of aromatic nitrogens is 3. The number of nitrogens with zero attached hydrogens (tertiary/aromatic N) is 3. The van der Waals surface area contributed by atoms with Crippen LogP contribution in [0.4, 0.5) is 0 Å². The van der Waals surface area contributed by atoms with Gasteiger partial charge in [-0.15, -0.1) is 5.10 Å². The predicted molar refractivity (Wildman–Crippen MR) is 106 cm³/mol. The molecular formula is C21H24N4O3. The highest BCUT2D eigenvalue weighted by Gasteiger charge is 2.17. The maximum absolute atomic E-state index is 12.5. The summed E-state index contributed by atoms with van der Waals surface area (Å²) in [5.74, 6) is 1.25. The summed E-state index contributed by atoms with van der Waals surface area (Å²) in [4.78, 5) is 12.5. The van der Waals surface area contributed by atoms with Crippen molar-refractivity contribution in [1.82, 2.24) is 20.3 Å². The lowest BCUT2D eigenvalue weighted by Gasteiger charge is -2.10. The molecule has 0 saturated heterocycles. The molecule has 1 aromatic heterocycles. The molecule has 146 valence electrons. The molecule has 0 atom stereocenters. The summed E-state index contributed by atoms with van der Waals surface area (Å²) in [6, 6.07) is 15.1. The van der Waals surface area contributed by atoms with E-state index in [4.69, 9.17) is 9.47 Å². The van der Waals surface area contributed by atoms with Crippen LogP contribution >= 0.6 is 0 Å². The van der Waals surface area contributed by atoms with Crippen LogP contribution in [0.5, 0.6) is 11.5 Å².